The van der Waals surface area contributed by atoms with Crippen LogP contribution in [0.15, 0.2) is 77.1 Å². The van der Waals surface area contributed by atoms with Crippen molar-refractivity contribution in [3.05, 3.63) is 72.1 Å². The third-order valence-electron chi connectivity index (χ3n) is 10.5. The number of pyridine rings is 1. The predicted molar refractivity (Wildman–Crippen MR) is 201 cm³/mol. The maximum absolute atomic E-state index is 14.1. The molecule has 0 spiro atoms. The van der Waals surface area contributed by atoms with E-state index >= 15 is 0 Å². The topological polar surface area (TPSA) is 210 Å². The summed E-state index contributed by atoms with van der Waals surface area (Å²) >= 11 is 0. The van der Waals surface area contributed by atoms with Gasteiger partial charge in [-0.05, 0) is 61.9 Å². The van der Waals surface area contributed by atoms with Crippen molar-refractivity contribution in [2.75, 3.05) is 0 Å². The van der Waals surface area contributed by atoms with Gasteiger partial charge in [0.2, 0.25) is 27.7 Å². The number of ether oxygens (including phenoxy) is 1. The third kappa shape index (κ3) is 7.90. The zero-order chi connectivity index (χ0) is 38.3. The van der Waals surface area contributed by atoms with Gasteiger partial charge in [0.25, 0.3) is 0 Å². The fourth-order valence-corrected chi connectivity index (χ4v) is 8.70. The van der Waals surface area contributed by atoms with Gasteiger partial charge in [-0.1, -0.05) is 36.8 Å². The molecule has 1 saturated heterocycles. The maximum Gasteiger partial charge on any atom is 0.405 e. The van der Waals surface area contributed by atoms with Crippen LogP contribution in [0.4, 0.5) is 4.79 Å². The average Bonchev–Trinajstić information content (AvgIpc) is 4.11. The lowest BCUT2D eigenvalue weighted by Gasteiger charge is -2.33. The molecule has 8 rings (SSSR count). The molecule has 2 fully saturated rings. The largest absolute Gasteiger partial charge is 0.465 e. The van der Waals surface area contributed by atoms with Gasteiger partial charge in [0, 0.05) is 54.7 Å². The summed E-state index contributed by atoms with van der Waals surface area (Å²) in [6, 6.07) is 14.6. The monoisotopic (exact) mass is 765 g/mol. The smallest absolute Gasteiger partial charge is 0.405 e. The Morgan fingerprint density at radius 3 is 2.42 bits per heavy atom. The van der Waals surface area contributed by atoms with E-state index in [0.29, 0.717) is 60.8 Å². The summed E-state index contributed by atoms with van der Waals surface area (Å²) in [6.07, 6.45) is 3.79. The standard InChI is InChI=1S/C39H39N7O8S/c47-33-15-16-35(54-38-36(42-28-10-5-6-11-29(28)43-38)24-17-22-7-1-3-9-27(22)40-20-24)46-32(26(19-34(46)48)37(49)45-55(52,53)25-13-14-25)21-41-31-18-23(31)8-2-4-12-30(33)44-39(50)51/h1,3,5-7,9-11,17,20-21,25-26,30,32,35,44H,2,4,8,12-16,18-19H2,(H,45,49)(H,50,51)/b41-21-/t26-,30-,32-,35+/m0/s1. The number of carbonyl (C=O) groups excluding carboxylic acids is 3. The van der Waals surface area contributed by atoms with Crippen LogP contribution >= 0.6 is 0 Å². The second-order valence-corrected chi connectivity index (χ2v) is 16.4. The van der Waals surface area contributed by atoms with Gasteiger partial charge < -0.3 is 15.2 Å². The Kier molecular flexibility index (Phi) is 9.75. The van der Waals surface area contributed by atoms with Gasteiger partial charge in [0.15, 0.2) is 12.0 Å². The maximum atomic E-state index is 14.1. The number of aliphatic imine (C=N–C) groups is 1. The van der Waals surface area contributed by atoms with E-state index in [0.717, 1.165) is 28.6 Å². The van der Waals surface area contributed by atoms with E-state index in [1.165, 1.54) is 11.1 Å². The Bertz CT molecular complexity index is 2400. The number of rotatable bonds is 7. The SMILES string of the molecule is O=C(O)N[C@H]1CCCCC2=C(C2)/N=C\[C@H]2[C@@H](C(=O)NS(=O)(=O)C3CC3)CC(=O)N2[C@H](Oc2nc3ccccc3nc2-c2cnc3ccccc3c2)CCC1=O. The summed E-state index contributed by atoms with van der Waals surface area (Å²) in [5.41, 5.74) is 4.61. The Morgan fingerprint density at radius 1 is 0.909 bits per heavy atom. The Labute approximate surface area is 316 Å². The van der Waals surface area contributed by atoms with Crippen molar-refractivity contribution in [1.29, 1.82) is 0 Å². The summed E-state index contributed by atoms with van der Waals surface area (Å²) in [6.45, 7) is 0. The molecule has 2 aliphatic heterocycles. The Morgan fingerprint density at radius 2 is 1.65 bits per heavy atom. The second-order valence-electron chi connectivity index (χ2n) is 14.4. The van der Waals surface area contributed by atoms with Crippen molar-refractivity contribution < 1.29 is 37.4 Å². The van der Waals surface area contributed by atoms with Crippen LogP contribution in [0.1, 0.15) is 64.2 Å². The molecule has 4 heterocycles. The number of hydrogen-bond acceptors (Lipinski definition) is 11. The van der Waals surface area contributed by atoms with Crippen molar-refractivity contribution in [1.82, 2.24) is 29.9 Å². The number of ketones is 1. The van der Waals surface area contributed by atoms with Gasteiger partial charge in [-0.25, -0.2) is 23.2 Å². The molecule has 2 aromatic carbocycles. The normalized spacial score (nSPS) is 24.0. The average molecular weight is 766 g/mol. The highest BCUT2D eigenvalue weighted by molar-refractivity contribution is 7.90. The number of fused-ring (bicyclic) bond motifs is 3. The fraction of sp³-hybridized carbons (Fsp3) is 0.385. The molecule has 0 bridgehead atoms. The van der Waals surface area contributed by atoms with E-state index in [9.17, 15) is 32.7 Å². The Balaban J connectivity index is 1.22. The van der Waals surface area contributed by atoms with Crippen LogP contribution in [0.25, 0.3) is 33.2 Å². The van der Waals surface area contributed by atoms with Crippen LogP contribution in [0.2, 0.25) is 0 Å². The highest BCUT2D eigenvalue weighted by Crippen LogP contribution is 2.39. The summed E-state index contributed by atoms with van der Waals surface area (Å²) in [5.74, 6) is -2.84. The zero-order valence-electron chi connectivity index (χ0n) is 29.8. The molecule has 0 radical (unpaired) electrons. The van der Waals surface area contributed by atoms with Crippen LogP contribution in [0, 0.1) is 5.92 Å². The lowest BCUT2D eigenvalue weighted by molar-refractivity contribution is -0.137. The molecule has 284 valence electrons. The van der Waals surface area contributed by atoms with Crippen LogP contribution < -0.4 is 14.8 Å². The van der Waals surface area contributed by atoms with Crippen molar-refractivity contribution in [3.8, 4) is 17.1 Å². The van der Waals surface area contributed by atoms with E-state index in [1.54, 1.807) is 24.4 Å². The van der Waals surface area contributed by atoms with Gasteiger partial charge in [0.05, 0.1) is 39.8 Å². The quantitative estimate of drug-likeness (QED) is 0.236. The number of allylic oxidation sites excluding steroid dienone is 2. The number of para-hydroxylation sites is 3. The lowest BCUT2D eigenvalue weighted by atomic mass is 9.99. The van der Waals surface area contributed by atoms with E-state index in [1.807, 2.05) is 36.4 Å². The summed E-state index contributed by atoms with van der Waals surface area (Å²) in [4.78, 5) is 73.7. The van der Waals surface area contributed by atoms with Gasteiger partial charge in [-0.15, -0.1) is 0 Å². The molecule has 16 heteroatoms. The first-order valence-corrected chi connectivity index (χ1v) is 20.0. The number of hydrogen-bond donors (Lipinski definition) is 3. The summed E-state index contributed by atoms with van der Waals surface area (Å²) < 4.78 is 34.7. The molecule has 0 unspecified atom stereocenters. The van der Waals surface area contributed by atoms with Crippen LogP contribution in [0.3, 0.4) is 0 Å². The number of nitrogens with one attached hydrogen (secondary N) is 2. The predicted octanol–water partition coefficient (Wildman–Crippen LogP) is 4.66. The fourth-order valence-electron chi connectivity index (χ4n) is 7.35. The number of nitrogens with zero attached hydrogens (tertiary/aromatic N) is 5. The number of amides is 3. The van der Waals surface area contributed by atoms with Gasteiger partial charge >= 0.3 is 6.09 Å². The van der Waals surface area contributed by atoms with Crippen LogP contribution in [-0.4, -0.2) is 86.8 Å². The number of Topliss-reactive ketones (excluding diaryl/α,β-unsaturated/α-hetero) is 1. The molecule has 15 nitrogen and oxygen atoms in total. The molecule has 3 N–H and O–H groups in total. The number of carbonyl (C=O) groups is 4. The van der Waals surface area contributed by atoms with Crippen molar-refractivity contribution in [2.24, 2.45) is 10.9 Å². The Hall–Kier alpha value is -5.77. The van der Waals surface area contributed by atoms with Crippen molar-refractivity contribution >= 4 is 61.9 Å². The minimum Gasteiger partial charge on any atom is -0.465 e. The molecule has 4 aliphatic rings. The van der Waals surface area contributed by atoms with Gasteiger partial charge in [0.1, 0.15) is 5.69 Å². The van der Waals surface area contributed by atoms with E-state index in [-0.39, 0.29) is 30.9 Å². The van der Waals surface area contributed by atoms with Crippen LogP contribution in [0.5, 0.6) is 5.88 Å². The van der Waals surface area contributed by atoms with E-state index in [2.05, 4.69) is 15.0 Å². The molecule has 2 aromatic heterocycles. The summed E-state index contributed by atoms with van der Waals surface area (Å²) in [5, 5.41) is 12.1. The molecular weight excluding hydrogens is 727 g/mol. The molecule has 1 saturated carbocycles. The molecular formula is C39H39N7O8S. The number of benzene rings is 2. The van der Waals surface area contributed by atoms with Crippen molar-refractivity contribution in [3.63, 3.8) is 0 Å². The zero-order valence-corrected chi connectivity index (χ0v) is 30.6. The minimum atomic E-state index is -3.93. The molecule has 4 atom stereocenters. The molecule has 55 heavy (non-hydrogen) atoms. The van der Waals surface area contributed by atoms with Gasteiger partial charge in [-0.2, -0.15) is 0 Å². The van der Waals surface area contributed by atoms with Gasteiger partial charge in [-0.3, -0.25) is 34.0 Å². The van der Waals surface area contributed by atoms with E-state index < -0.39 is 57.4 Å². The van der Waals surface area contributed by atoms with Crippen molar-refractivity contribution in [2.45, 2.75) is 87.8 Å². The highest BCUT2D eigenvalue weighted by Gasteiger charge is 2.49. The molecule has 3 amide bonds. The minimum absolute atomic E-state index is 0.0336. The van der Waals surface area contributed by atoms with E-state index in [4.69, 9.17) is 19.7 Å². The molecule has 2 aliphatic carbocycles. The number of carboxylic acid groups (broad SMARTS) is 1. The molecule has 4 aromatic rings. The second kappa shape index (κ2) is 14.8. The lowest BCUT2D eigenvalue weighted by Crippen LogP contribution is -2.50. The first-order valence-electron chi connectivity index (χ1n) is 18.5. The first-order chi connectivity index (χ1) is 26.5. The summed E-state index contributed by atoms with van der Waals surface area (Å²) in [7, 11) is -3.93. The number of aromatic nitrogens is 3. The first kappa shape index (κ1) is 36.2. The third-order valence-corrected chi connectivity index (χ3v) is 12.3. The highest BCUT2D eigenvalue weighted by atomic mass is 32.2. The number of sulfonamides is 1. The van der Waals surface area contributed by atoms with Crippen LogP contribution in [-0.2, 0) is 24.4 Å².